The molecule has 31 heavy (non-hydrogen) atoms. The Morgan fingerprint density at radius 2 is 2.00 bits per heavy atom. The first-order chi connectivity index (χ1) is 14.9. The van der Waals surface area contributed by atoms with Crippen LogP contribution in [0, 0.1) is 5.92 Å². The van der Waals surface area contributed by atoms with Gasteiger partial charge < -0.3 is 19.7 Å². The summed E-state index contributed by atoms with van der Waals surface area (Å²) in [5, 5.41) is 16.9. The van der Waals surface area contributed by atoms with E-state index in [0.717, 1.165) is 16.9 Å². The molecule has 0 atom stereocenters. The van der Waals surface area contributed by atoms with Gasteiger partial charge >= 0.3 is 5.97 Å². The Balaban J connectivity index is 1.40. The topological polar surface area (TPSA) is 97.5 Å². The number of benzene rings is 2. The minimum atomic E-state index is -0.718. The second-order valence-corrected chi connectivity index (χ2v) is 8.42. The fraction of sp³-hybridized carbons (Fsp3) is 0.348. The van der Waals surface area contributed by atoms with E-state index in [1.165, 1.54) is 0 Å². The number of rotatable bonds is 8. The standard InChI is InChI=1S/C23H24ClN3O4/c1-13(2)30-18-6-4-15(5-7-18)22-26-21(27-31-22)19-8-3-14(9-20(19)24)12-25-17-10-16(11-17)23(28)29/h3-9,13,16-17,25H,10-12H2,1-2H3,(H,28,29). The van der Waals surface area contributed by atoms with Gasteiger partial charge in [-0.25, -0.2) is 0 Å². The van der Waals surface area contributed by atoms with Crippen LogP contribution in [0.5, 0.6) is 5.75 Å². The number of carboxylic acid groups (broad SMARTS) is 1. The highest BCUT2D eigenvalue weighted by Gasteiger charge is 2.33. The molecule has 0 amide bonds. The van der Waals surface area contributed by atoms with Gasteiger partial charge in [-0.1, -0.05) is 22.8 Å². The van der Waals surface area contributed by atoms with E-state index < -0.39 is 5.97 Å². The van der Waals surface area contributed by atoms with Crippen LogP contribution in [0.15, 0.2) is 47.0 Å². The van der Waals surface area contributed by atoms with Gasteiger partial charge in [-0.15, -0.1) is 0 Å². The van der Waals surface area contributed by atoms with Gasteiger partial charge in [0, 0.05) is 23.7 Å². The quantitative estimate of drug-likeness (QED) is 0.518. The number of halogens is 1. The van der Waals surface area contributed by atoms with E-state index in [-0.39, 0.29) is 18.1 Å². The maximum absolute atomic E-state index is 10.9. The smallest absolute Gasteiger partial charge is 0.306 e. The van der Waals surface area contributed by atoms with Gasteiger partial charge in [-0.05, 0) is 68.7 Å². The number of hydrogen-bond donors (Lipinski definition) is 2. The van der Waals surface area contributed by atoms with Crippen LogP contribution in [0.4, 0.5) is 0 Å². The van der Waals surface area contributed by atoms with Crippen molar-refractivity contribution in [1.29, 1.82) is 0 Å². The average molecular weight is 442 g/mol. The second kappa shape index (κ2) is 9.08. The van der Waals surface area contributed by atoms with Gasteiger partial charge in [0.2, 0.25) is 5.82 Å². The van der Waals surface area contributed by atoms with E-state index in [2.05, 4.69) is 15.5 Å². The summed E-state index contributed by atoms with van der Waals surface area (Å²) >= 11 is 6.47. The summed E-state index contributed by atoms with van der Waals surface area (Å²) in [6.07, 6.45) is 1.44. The zero-order chi connectivity index (χ0) is 22.0. The minimum Gasteiger partial charge on any atom is -0.491 e. The molecule has 7 nitrogen and oxygen atoms in total. The molecule has 1 heterocycles. The van der Waals surface area contributed by atoms with Crippen molar-refractivity contribution in [2.45, 2.75) is 45.4 Å². The molecule has 0 spiro atoms. The SMILES string of the molecule is CC(C)Oc1ccc(-c2nc(-c3ccc(CNC4CC(C(=O)O)C4)cc3Cl)no2)cc1. The highest BCUT2D eigenvalue weighted by atomic mass is 35.5. The van der Waals surface area contributed by atoms with Crippen LogP contribution in [-0.4, -0.2) is 33.4 Å². The Kier molecular flexibility index (Phi) is 6.25. The number of carboxylic acids is 1. The van der Waals surface area contributed by atoms with E-state index in [9.17, 15) is 4.79 Å². The molecular weight excluding hydrogens is 418 g/mol. The lowest BCUT2D eigenvalue weighted by molar-refractivity contribution is -0.145. The molecule has 1 aliphatic carbocycles. The number of nitrogens with zero attached hydrogens (tertiary/aromatic N) is 2. The largest absolute Gasteiger partial charge is 0.491 e. The number of aliphatic carboxylic acids is 1. The lowest BCUT2D eigenvalue weighted by atomic mass is 9.80. The van der Waals surface area contributed by atoms with Crippen molar-refractivity contribution < 1.29 is 19.2 Å². The van der Waals surface area contributed by atoms with E-state index in [1.54, 1.807) is 0 Å². The fourth-order valence-corrected chi connectivity index (χ4v) is 3.78. The first-order valence-electron chi connectivity index (χ1n) is 10.2. The molecule has 1 fully saturated rings. The van der Waals surface area contributed by atoms with Crippen LogP contribution in [0.2, 0.25) is 5.02 Å². The normalized spacial score (nSPS) is 18.1. The maximum Gasteiger partial charge on any atom is 0.306 e. The first kappa shape index (κ1) is 21.3. The van der Waals surface area contributed by atoms with Crippen LogP contribution in [0.3, 0.4) is 0 Å². The van der Waals surface area contributed by atoms with Gasteiger partial charge in [0.1, 0.15) is 5.75 Å². The molecule has 0 saturated heterocycles. The number of hydrogen-bond acceptors (Lipinski definition) is 6. The number of ether oxygens (including phenoxy) is 1. The Labute approximate surface area is 185 Å². The molecule has 2 N–H and O–H groups in total. The average Bonchev–Trinajstić information content (AvgIpc) is 3.16. The maximum atomic E-state index is 10.9. The van der Waals surface area contributed by atoms with Crippen LogP contribution < -0.4 is 10.1 Å². The summed E-state index contributed by atoms with van der Waals surface area (Å²) in [4.78, 5) is 15.4. The summed E-state index contributed by atoms with van der Waals surface area (Å²) in [5.74, 6) is 0.668. The molecule has 4 rings (SSSR count). The van der Waals surface area contributed by atoms with Gasteiger partial charge in [-0.3, -0.25) is 4.79 Å². The van der Waals surface area contributed by atoms with Gasteiger partial charge in [0.25, 0.3) is 5.89 Å². The highest BCUT2D eigenvalue weighted by Crippen LogP contribution is 2.31. The summed E-state index contributed by atoms with van der Waals surface area (Å²) < 4.78 is 11.1. The number of nitrogens with one attached hydrogen (secondary N) is 1. The van der Waals surface area contributed by atoms with Crippen molar-refractivity contribution >= 4 is 17.6 Å². The molecule has 1 aliphatic rings. The molecule has 1 saturated carbocycles. The van der Waals surface area contributed by atoms with Crippen LogP contribution in [-0.2, 0) is 11.3 Å². The zero-order valence-corrected chi connectivity index (χ0v) is 18.1. The Morgan fingerprint density at radius 3 is 2.65 bits per heavy atom. The van der Waals surface area contributed by atoms with Gasteiger partial charge in [0.05, 0.1) is 17.0 Å². The summed E-state index contributed by atoms with van der Waals surface area (Å²) in [7, 11) is 0. The lowest BCUT2D eigenvalue weighted by Crippen LogP contribution is -2.43. The third kappa shape index (κ3) is 5.06. The predicted molar refractivity (Wildman–Crippen MR) is 117 cm³/mol. The highest BCUT2D eigenvalue weighted by molar-refractivity contribution is 6.33. The third-order valence-corrected chi connectivity index (χ3v) is 5.57. The second-order valence-electron chi connectivity index (χ2n) is 8.01. The Bertz CT molecular complexity index is 1060. The molecule has 0 unspecified atom stereocenters. The minimum absolute atomic E-state index is 0.108. The molecule has 0 bridgehead atoms. The predicted octanol–water partition coefficient (Wildman–Crippen LogP) is 4.80. The van der Waals surface area contributed by atoms with Crippen molar-refractivity contribution in [1.82, 2.24) is 15.5 Å². The molecular formula is C23H24ClN3O4. The molecule has 8 heteroatoms. The molecule has 1 aromatic heterocycles. The Morgan fingerprint density at radius 1 is 1.26 bits per heavy atom. The van der Waals surface area contributed by atoms with Crippen molar-refractivity contribution in [3.05, 3.63) is 53.1 Å². The molecule has 2 aromatic carbocycles. The molecule has 3 aromatic rings. The van der Waals surface area contributed by atoms with Crippen LogP contribution in [0.1, 0.15) is 32.3 Å². The molecule has 0 radical (unpaired) electrons. The number of aromatic nitrogens is 2. The van der Waals surface area contributed by atoms with E-state index in [1.807, 2.05) is 56.3 Å². The zero-order valence-electron chi connectivity index (χ0n) is 17.3. The lowest BCUT2D eigenvalue weighted by Gasteiger charge is -2.33. The van der Waals surface area contributed by atoms with E-state index >= 15 is 0 Å². The first-order valence-corrected chi connectivity index (χ1v) is 10.6. The van der Waals surface area contributed by atoms with Crippen molar-refractivity contribution in [3.8, 4) is 28.6 Å². The van der Waals surface area contributed by atoms with Gasteiger partial charge in [0.15, 0.2) is 0 Å². The van der Waals surface area contributed by atoms with Crippen LogP contribution in [0.25, 0.3) is 22.8 Å². The summed E-state index contributed by atoms with van der Waals surface area (Å²) in [5.41, 5.74) is 2.50. The third-order valence-electron chi connectivity index (χ3n) is 5.26. The van der Waals surface area contributed by atoms with Crippen molar-refractivity contribution in [3.63, 3.8) is 0 Å². The van der Waals surface area contributed by atoms with Crippen molar-refractivity contribution in [2.24, 2.45) is 5.92 Å². The summed E-state index contributed by atoms with van der Waals surface area (Å²) in [6, 6.07) is 13.4. The number of carbonyl (C=O) groups is 1. The van der Waals surface area contributed by atoms with Crippen LogP contribution >= 0.6 is 11.6 Å². The fourth-order valence-electron chi connectivity index (χ4n) is 3.50. The van der Waals surface area contributed by atoms with E-state index in [4.69, 9.17) is 26.0 Å². The molecule has 162 valence electrons. The summed E-state index contributed by atoms with van der Waals surface area (Å²) in [6.45, 7) is 4.58. The van der Waals surface area contributed by atoms with Gasteiger partial charge in [-0.2, -0.15) is 4.98 Å². The van der Waals surface area contributed by atoms with E-state index in [0.29, 0.717) is 41.7 Å². The van der Waals surface area contributed by atoms with Crippen molar-refractivity contribution in [2.75, 3.05) is 0 Å². The molecule has 0 aliphatic heterocycles. The monoisotopic (exact) mass is 441 g/mol. The Hall–Kier alpha value is -2.90.